The minimum Gasteiger partial charge on any atom is -0.321 e. The van der Waals surface area contributed by atoms with Crippen LogP contribution in [0.5, 0.6) is 0 Å². The minimum atomic E-state index is -0.125. The Morgan fingerprint density at radius 1 is 1.30 bits per heavy atom. The summed E-state index contributed by atoms with van der Waals surface area (Å²) in [6, 6.07) is 11.6. The van der Waals surface area contributed by atoms with Gasteiger partial charge in [-0.25, -0.2) is 4.68 Å². The van der Waals surface area contributed by atoms with E-state index in [1.54, 1.807) is 6.07 Å². The summed E-state index contributed by atoms with van der Waals surface area (Å²) < 4.78 is 2.79. The van der Waals surface area contributed by atoms with Gasteiger partial charge in [0.15, 0.2) is 5.82 Å². The molecule has 0 bridgehead atoms. The van der Waals surface area contributed by atoms with Gasteiger partial charge in [0.1, 0.15) is 0 Å². The number of nitrogens with zero attached hydrogens (tertiary/aromatic N) is 4. The normalized spacial score (nSPS) is 14.0. The van der Waals surface area contributed by atoms with Gasteiger partial charge in [-0.3, -0.25) is 4.79 Å². The van der Waals surface area contributed by atoms with E-state index in [4.69, 9.17) is 0 Å². The van der Waals surface area contributed by atoms with E-state index in [1.807, 2.05) is 35.0 Å². The van der Waals surface area contributed by atoms with Crippen molar-refractivity contribution in [3.05, 3.63) is 45.1 Å². The fourth-order valence-electron chi connectivity index (χ4n) is 2.31. The number of rotatable bonds is 4. The van der Waals surface area contributed by atoms with Crippen LogP contribution in [0.1, 0.15) is 28.6 Å². The lowest BCUT2D eigenvalue weighted by Crippen LogP contribution is -2.10. The molecule has 0 saturated heterocycles. The number of carbonyl (C=O) groups excluding carboxylic acids is 1. The molecular weight excluding hydrogens is 378 g/mol. The van der Waals surface area contributed by atoms with Crippen LogP contribution in [0.3, 0.4) is 0 Å². The van der Waals surface area contributed by atoms with Crippen LogP contribution in [0.15, 0.2) is 40.2 Å². The van der Waals surface area contributed by atoms with Gasteiger partial charge in [-0.1, -0.05) is 12.1 Å². The molecule has 6 nitrogen and oxygen atoms in total. The molecule has 23 heavy (non-hydrogen) atoms. The second-order valence-corrected chi connectivity index (χ2v) is 7.78. The average Bonchev–Trinajstić information content (AvgIpc) is 3.10. The number of nitrogens with one attached hydrogen (secondary N) is 1. The molecule has 2 aromatic heterocycles. The van der Waals surface area contributed by atoms with Crippen molar-refractivity contribution in [2.75, 3.05) is 5.32 Å². The fourth-order valence-corrected chi connectivity index (χ4v) is 3.60. The molecule has 0 radical (unpaired) electrons. The predicted molar refractivity (Wildman–Crippen MR) is 91.5 cm³/mol. The molecule has 1 aliphatic rings. The van der Waals surface area contributed by atoms with Crippen molar-refractivity contribution < 1.29 is 4.79 Å². The van der Waals surface area contributed by atoms with Crippen LogP contribution < -0.4 is 5.32 Å². The van der Waals surface area contributed by atoms with Gasteiger partial charge in [0.2, 0.25) is 0 Å². The highest BCUT2D eigenvalue weighted by Crippen LogP contribution is 2.36. The van der Waals surface area contributed by atoms with Crippen molar-refractivity contribution in [1.82, 2.24) is 20.2 Å². The summed E-state index contributed by atoms with van der Waals surface area (Å²) in [6.45, 7) is 0. The van der Waals surface area contributed by atoms with Gasteiger partial charge in [-0.05, 0) is 63.5 Å². The van der Waals surface area contributed by atoms with Crippen molar-refractivity contribution in [2.24, 2.45) is 0 Å². The maximum Gasteiger partial charge on any atom is 0.265 e. The van der Waals surface area contributed by atoms with Gasteiger partial charge in [-0.2, -0.15) is 0 Å². The first-order chi connectivity index (χ1) is 11.2. The smallest absolute Gasteiger partial charge is 0.265 e. The summed E-state index contributed by atoms with van der Waals surface area (Å²) in [5.74, 6) is 0.613. The predicted octanol–water partition coefficient (Wildman–Crippen LogP) is 3.75. The van der Waals surface area contributed by atoms with Crippen LogP contribution in [0, 0.1) is 0 Å². The molecule has 4 rings (SSSR count). The largest absolute Gasteiger partial charge is 0.321 e. The highest BCUT2D eigenvalue weighted by molar-refractivity contribution is 9.11. The Labute approximate surface area is 144 Å². The van der Waals surface area contributed by atoms with E-state index in [1.165, 1.54) is 11.3 Å². The number of halogens is 1. The number of thiophene rings is 1. The van der Waals surface area contributed by atoms with E-state index in [-0.39, 0.29) is 5.91 Å². The molecule has 1 fully saturated rings. The number of benzene rings is 1. The van der Waals surface area contributed by atoms with E-state index in [2.05, 4.69) is 36.8 Å². The Bertz CT molecular complexity index is 870. The molecule has 2 heterocycles. The number of tetrazole rings is 1. The molecule has 1 aromatic carbocycles. The minimum absolute atomic E-state index is 0.125. The Morgan fingerprint density at radius 2 is 2.17 bits per heavy atom. The molecular formula is C15H12BrN5OS. The van der Waals surface area contributed by atoms with Gasteiger partial charge in [0, 0.05) is 11.3 Å². The third-order valence-corrected chi connectivity index (χ3v) is 5.18. The van der Waals surface area contributed by atoms with Crippen LogP contribution in [0.4, 0.5) is 5.69 Å². The molecule has 0 atom stereocenters. The first-order valence-electron chi connectivity index (χ1n) is 7.16. The molecule has 0 aliphatic heterocycles. The molecule has 0 spiro atoms. The lowest BCUT2D eigenvalue weighted by atomic mass is 10.2. The van der Waals surface area contributed by atoms with E-state index >= 15 is 0 Å². The molecule has 1 saturated carbocycles. The van der Waals surface area contributed by atoms with E-state index < -0.39 is 0 Å². The third kappa shape index (κ3) is 3.04. The van der Waals surface area contributed by atoms with Crippen LogP contribution in [0.25, 0.3) is 11.4 Å². The molecule has 1 amide bonds. The van der Waals surface area contributed by atoms with Crippen molar-refractivity contribution in [3.8, 4) is 11.4 Å². The molecule has 116 valence electrons. The first-order valence-corrected chi connectivity index (χ1v) is 8.76. The second-order valence-electron chi connectivity index (χ2n) is 5.32. The zero-order chi connectivity index (χ0) is 15.8. The molecule has 3 aromatic rings. The van der Waals surface area contributed by atoms with Crippen molar-refractivity contribution in [2.45, 2.75) is 18.9 Å². The Morgan fingerprint density at radius 3 is 2.91 bits per heavy atom. The summed E-state index contributed by atoms with van der Waals surface area (Å²) in [5.41, 5.74) is 1.62. The number of aromatic nitrogens is 4. The summed E-state index contributed by atoms with van der Waals surface area (Å²) in [7, 11) is 0. The van der Waals surface area contributed by atoms with E-state index in [0.29, 0.717) is 10.9 Å². The lowest BCUT2D eigenvalue weighted by Gasteiger charge is -2.07. The monoisotopic (exact) mass is 389 g/mol. The Balaban J connectivity index is 1.59. The zero-order valence-electron chi connectivity index (χ0n) is 11.9. The van der Waals surface area contributed by atoms with Crippen molar-refractivity contribution in [1.29, 1.82) is 0 Å². The number of carbonyl (C=O) groups is 1. The molecule has 1 aliphatic carbocycles. The van der Waals surface area contributed by atoms with Crippen molar-refractivity contribution >= 4 is 38.9 Å². The highest BCUT2D eigenvalue weighted by atomic mass is 79.9. The Hall–Kier alpha value is -2.06. The van der Waals surface area contributed by atoms with Gasteiger partial charge < -0.3 is 5.32 Å². The number of anilines is 1. The summed E-state index contributed by atoms with van der Waals surface area (Å²) >= 11 is 4.76. The standard InChI is InChI=1S/C15H12BrN5OS/c16-13-7-6-12(23-13)15(22)17-10-3-1-2-9(8-10)14-18-19-20-21(14)11-4-5-11/h1-3,6-8,11H,4-5H2,(H,17,22). The van der Waals surface area contributed by atoms with Crippen LogP contribution in [0.2, 0.25) is 0 Å². The summed E-state index contributed by atoms with van der Waals surface area (Å²) in [5, 5.41) is 14.9. The molecule has 8 heteroatoms. The second kappa shape index (κ2) is 5.86. The maximum atomic E-state index is 12.2. The van der Waals surface area contributed by atoms with Crippen LogP contribution in [-0.4, -0.2) is 26.1 Å². The van der Waals surface area contributed by atoms with Gasteiger partial charge >= 0.3 is 0 Å². The van der Waals surface area contributed by atoms with Crippen LogP contribution in [-0.2, 0) is 0 Å². The number of hydrogen-bond acceptors (Lipinski definition) is 5. The summed E-state index contributed by atoms with van der Waals surface area (Å²) in [4.78, 5) is 12.9. The SMILES string of the molecule is O=C(Nc1cccc(-c2nnnn2C2CC2)c1)c1ccc(Br)s1. The van der Waals surface area contributed by atoms with Crippen molar-refractivity contribution in [3.63, 3.8) is 0 Å². The number of amides is 1. The lowest BCUT2D eigenvalue weighted by molar-refractivity contribution is 0.103. The quantitative estimate of drug-likeness (QED) is 0.737. The molecule has 1 N–H and O–H groups in total. The van der Waals surface area contributed by atoms with Crippen LogP contribution >= 0.6 is 27.3 Å². The van der Waals surface area contributed by atoms with Gasteiger partial charge in [0.25, 0.3) is 5.91 Å². The first kappa shape index (κ1) is 14.5. The van der Waals surface area contributed by atoms with Gasteiger partial charge in [-0.15, -0.1) is 16.4 Å². The third-order valence-electron chi connectivity index (χ3n) is 3.56. The van der Waals surface area contributed by atoms with E-state index in [9.17, 15) is 4.79 Å². The average molecular weight is 390 g/mol. The van der Waals surface area contributed by atoms with Gasteiger partial charge in [0.05, 0.1) is 14.7 Å². The Kier molecular flexibility index (Phi) is 3.70. The van der Waals surface area contributed by atoms with E-state index in [0.717, 1.165) is 33.7 Å². The highest BCUT2D eigenvalue weighted by Gasteiger charge is 2.28. The number of hydrogen-bond donors (Lipinski definition) is 1. The zero-order valence-corrected chi connectivity index (χ0v) is 14.3. The fraction of sp³-hybridized carbons (Fsp3) is 0.200. The molecule has 0 unspecified atom stereocenters. The topological polar surface area (TPSA) is 72.7 Å². The summed E-state index contributed by atoms with van der Waals surface area (Å²) in [6.07, 6.45) is 2.23. The maximum absolute atomic E-state index is 12.2.